The van der Waals surface area contributed by atoms with Gasteiger partial charge in [0.25, 0.3) is 0 Å². The number of carbonyl (C=O) groups excluding carboxylic acids is 3. The van der Waals surface area contributed by atoms with Gasteiger partial charge in [0.1, 0.15) is 0 Å². The maximum atomic E-state index is 13.7. The van der Waals surface area contributed by atoms with Crippen LogP contribution in [0.1, 0.15) is 62.3 Å². The fraction of sp³-hybridized carbons (Fsp3) is 0.444. The molecule has 178 valence electrons. The molecule has 0 radical (unpaired) electrons. The highest BCUT2D eigenvalue weighted by atomic mass is 16.2. The van der Waals surface area contributed by atoms with Crippen molar-refractivity contribution in [1.82, 2.24) is 0 Å². The Morgan fingerprint density at radius 3 is 1.21 bits per heavy atom. The largest absolute Gasteiger partial charge is 0.324 e. The third-order valence-electron chi connectivity index (χ3n) is 4.99. The molecule has 0 aliphatic rings. The van der Waals surface area contributed by atoms with Crippen molar-refractivity contribution in [1.29, 1.82) is 0 Å². The molecule has 0 bridgehead atoms. The minimum atomic E-state index is -0.720. The molecule has 0 aliphatic heterocycles. The molecule has 2 rings (SSSR count). The summed E-state index contributed by atoms with van der Waals surface area (Å²) in [5, 5.41) is 5.94. The van der Waals surface area contributed by atoms with E-state index in [1.165, 1.54) is 0 Å². The molecule has 2 N–H and O–H groups in total. The summed E-state index contributed by atoms with van der Waals surface area (Å²) in [6, 6.07) is 14.4. The Bertz CT molecular complexity index is 966. The van der Waals surface area contributed by atoms with Crippen molar-refractivity contribution in [3.05, 3.63) is 48.5 Å². The van der Waals surface area contributed by atoms with E-state index in [9.17, 15) is 14.4 Å². The van der Waals surface area contributed by atoms with Crippen LogP contribution in [-0.2, 0) is 14.4 Å². The number of benzene rings is 2. The number of anilines is 4. The lowest BCUT2D eigenvalue weighted by atomic mass is 9.93. The second kappa shape index (κ2) is 9.38. The van der Waals surface area contributed by atoms with Crippen LogP contribution >= 0.6 is 0 Å². The van der Waals surface area contributed by atoms with Crippen LogP contribution in [0.4, 0.5) is 22.7 Å². The van der Waals surface area contributed by atoms with Crippen LogP contribution in [-0.4, -0.2) is 17.7 Å². The van der Waals surface area contributed by atoms with Crippen molar-refractivity contribution in [2.24, 2.45) is 16.2 Å². The van der Waals surface area contributed by atoms with Crippen molar-refractivity contribution in [2.45, 2.75) is 62.3 Å². The van der Waals surface area contributed by atoms with Crippen LogP contribution in [0.5, 0.6) is 0 Å². The number of amides is 3. The summed E-state index contributed by atoms with van der Waals surface area (Å²) in [5.74, 6) is -0.489. The van der Waals surface area contributed by atoms with Gasteiger partial charge in [0.15, 0.2) is 0 Å². The first-order chi connectivity index (χ1) is 15.0. The van der Waals surface area contributed by atoms with E-state index in [-0.39, 0.29) is 17.7 Å². The molecule has 0 spiro atoms. The normalized spacial score (nSPS) is 12.2. The average molecular weight is 452 g/mol. The van der Waals surface area contributed by atoms with Crippen molar-refractivity contribution in [3.63, 3.8) is 0 Å². The van der Waals surface area contributed by atoms with Crippen LogP contribution in [0, 0.1) is 16.2 Å². The van der Waals surface area contributed by atoms with Crippen molar-refractivity contribution < 1.29 is 14.4 Å². The fourth-order valence-corrected chi connectivity index (χ4v) is 2.85. The molecule has 3 amide bonds. The number of nitrogens with one attached hydrogen (secondary N) is 2. The summed E-state index contributed by atoms with van der Waals surface area (Å²) in [6.07, 6.45) is 0. The zero-order valence-corrected chi connectivity index (χ0v) is 21.3. The Balaban J connectivity index is 2.70. The minimum absolute atomic E-state index is 0.160. The van der Waals surface area contributed by atoms with Crippen LogP contribution in [0.25, 0.3) is 0 Å². The molecular formula is C27H37N3O3. The first-order valence-electron chi connectivity index (χ1n) is 11.2. The Kier molecular flexibility index (Phi) is 7.42. The summed E-state index contributed by atoms with van der Waals surface area (Å²) >= 11 is 0. The van der Waals surface area contributed by atoms with Crippen LogP contribution in [0.15, 0.2) is 48.5 Å². The zero-order valence-electron chi connectivity index (χ0n) is 21.3. The molecule has 0 aliphatic carbocycles. The first kappa shape index (κ1) is 26.1. The second-order valence-electron chi connectivity index (χ2n) is 11.3. The van der Waals surface area contributed by atoms with Gasteiger partial charge in [0, 0.05) is 16.2 Å². The summed E-state index contributed by atoms with van der Waals surface area (Å²) in [6.45, 7) is 16.5. The van der Waals surface area contributed by atoms with E-state index < -0.39 is 16.2 Å². The maximum Gasteiger partial charge on any atom is 0.237 e. The van der Waals surface area contributed by atoms with Gasteiger partial charge in [-0.2, -0.15) is 0 Å². The minimum Gasteiger partial charge on any atom is -0.324 e. The molecule has 0 atom stereocenters. The maximum absolute atomic E-state index is 13.7. The van der Waals surface area contributed by atoms with Gasteiger partial charge >= 0.3 is 0 Å². The van der Waals surface area contributed by atoms with Gasteiger partial charge in [-0.1, -0.05) is 86.6 Å². The standard InChI is InChI=1S/C27H37N3O3/c1-25(2,3)22(31)28-18-14-10-12-16-20(18)30(24(33)27(7,8)9)21-17-13-11-15-19(21)29-23(32)26(4,5)6/h10-17H,1-9H3,(H,28,31)(H,29,32). The number of rotatable bonds is 4. The third-order valence-corrected chi connectivity index (χ3v) is 4.99. The molecule has 0 aromatic heterocycles. The van der Waals surface area contributed by atoms with Gasteiger partial charge in [-0.15, -0.1) is 0 Å². The lowest BCUT2D eigenvalue weighted by Crippen LogP contribution is -2.38. The average Bonchev–Trinajstić information content (AvgIpc) is 2.68. The Morgan fingerprint density at radius 2 is 0.909 bits per heavy atom. The van der Waals surface area contributed by atoms with E-state index in [0.717, 1.165) is 0 Å². The van der Waals surface area contributed by atoms with Gasteiger partial charge in [-0.05, 0) is 24.3 Å². The fourth-order valence-electron chi connectivity index (χ4n) is 2.85. The van der Waals surface area contributed by atoms with Crippen molar-refractivity contribution in [2.75, 3.05) is 15.5 Å². The lowest BCUT2D eigenvalue weighted by molar-refractivity contribution is -0.125. The summed E-state index contributed by atoms with van der Waals surface area (Å²) in [5.41, 5.74) is 0.177. The highest BCUT2D eigenvalue weighted by molar-refractivity contribution is 6.11. The molecular weight excluding hydrogens is 414 g/mol. The molecule has 0 saturated carbocycles. The smallest absolute Gasteiger partial charge is 0.237 e. The number of hydrogen-bond donors (Lipinski definition) is 2. The number of carbonyl (C=O) groups is 3. The SMILES string of the molecule is CC(C)(C)C(=O)Nc1ccccc1N(C(=O)C(C)(C)C)c1ccccc1NC(=O)C(C)(C)C. The Morgan fingerprint density at radius 1 is 0.576 bits per heavy atom. The predicted molar refractivity (Wildman–Crippen MR) is 136 cm³/mol. The molecule has 0 unspecified atom stereocenters. The summed E-state index contributed by atoms with van der Waals surface area (Å²) in [4.78, 5) is 40.8. The van der Waals surface area contributed by atoms with E-state index in [2.05, 4.69) is 10.6 Å². The van der Waals surface area contributed by atoms with E-state index in [0.29, 0.717) is 22.7 Å². The van der Waals surface area contributed by atoms with Crippen molar-refractivity contribution >= 4 is 40.5 Å². The Labute approximate surface area is 197 Å². The molecule has 0 fully saturated rings. The van der Waals surface area contributed by atoms with Crippen LogP contribution in [0.3, 0.4) is 0 Å². The first-order valence-corrected chi connectivity index (χ1v) is 11.2. The van der Waals surface area contributed by atoms with Crippen molar-refractivity contribution in [3.8, 4) is 0 Å². The number of nitrogens with zero attached hydrogens (tertiary/aromatic N) is 1. The third kappa shape index (κ3) is 6.44. The monoisotopic (exact) mass is 451 g/mol. The predicted octanol–water partition coefficient (Wildman–Crippen LogP) is 6.37. The number of hydrogen-bond acceptors (Lipinski definition) is 3. The molecule has 2 aromatic rings. The Hall–Kier alpha value is -3.15. The molecule has 0 heterocycles. The second-order valence-corrected chi connectivity index (χ2v) is 11.3. The van der Waals surface area contributed by atoms with E-state index in [1.807, 2.05) is 86.6 Å². The van der Waals surface area contributed by atoms with E-state index >= 15 is 0 Å². The van der Waals surface area contributed by atoms with Gasteiger partial charge < -0.3 is 10.6 Å². The van der Waals surface area contributed by atoms with Gasteiger partial charge in [0.05, 0.1) is 22.7 Å². The zero-order chi connectivity index (χ0) is 25.2. The van der Waals surface area contributed by atoms with Crippen LogP contribution in [0.2, 0.25) is 0 Å². The highest BCUT2D eigenvalue weighted by Gasteiger charge is 2.33. The lowest BCUT2D eigenvalue weighted by Gasteiger charge is -2.33. The molecule has 33 heavy (non-hydrogen) atoms. The highest BCUT2D eigenvalue weighted by Crippen LogP contribution is 2.40. The summed E-state index contributed by atoms with van der Waals surface area (Å²) in [7, 11) is 0. The molecule has 6 heteroatoms. The quantitative estimate of drug-likeness (QED) is 0.567. The molecule has 2 aromatic carbocycles. The van der Waals surface area contributed by atoms with E-state index in [1.54, 1.807) is 29.2 Å². The van der Waals surface area contributed by atoms with Gasteiger partial charge in [0.2, 0.25) is 17.7 Å². The summed E-state index contributed by atoms with van der Waals surface area (Å²) < 4.78 is 0. The topological polar surface area (TPSA) is 78.5 Å². The molecule has 6 nitrogen and oxygen atoms in total. The number of para-hydroxylation sites is 4. The van der Waals surface area contributed by atoms with Crippen LogP contribution < -0.4 is 15.5 Å². The van der Waals surface area contributed by atoms with Gasteiger partial charge in [-0.25, -0.2) is 0 Å². The molecule has 0 saturated heterocycles. The van der Waals surface area contributed by atoms with E-state index in [4.69, 9.17) is 0 Å². The van der Waals surface area contributed by atoms with Gasteiger partial charge in [-0.3, -0.25) is 19.3 Å².